The molecule has 0 saturated heterocycles. The molecule has 1 N–H and O–H groups in total. The maximum absolute atomic E-state index is 13.6. The first-order valence-electron chi connectivity index (χ1n) is 11.7. The number of likely N-dealkylation sites (N-methyl/N-ethyl adjacent to an activating group) is 1. The summed E-state index contributed by atoms with van der Waals surface area (Å²) in [5, 5.41) is 3.89. The van der Waals surface area contributed by atoms with Crippen molar-refractivity contribution < 1.29 is 14.3 Å². The van der Waals surface area contributed by atoms with Gasteiger partial charge in [0.25, 0.3) is 0 Å². The van der Waals surface area contributed by atoms with Crippen LogP contribution in [0.25, 0.3) is 0 Å². The summed E-state index contributed by atoms with van der Waals surface area (Å²) >= 11 is 13.6. The molecule has 8 heteroatoms. The fourth-order valence-electron chi connectivity index (χ4n) is 3.78. The lowest BCUT2D eigenvalue weighted by Gasteiger charge is -2.31. The number of hydrogen-bond donors (Lipinski definition) is 1. The Kier molecular flexibility index (Phi) is 11.0. The molecule has 0 aliphatic carbocycles. The molecule has 0 aliphatic rings. The third-order valence-electron chi connectivity index (χ3n) is 5.59. The average Bonchev–Trinajstić information content (AvgIpc) is 2.89. The van der Waals surface area contributed by atoms with Crippen LogP contribution in [0.5, 0.6) is 5.75 Å². The molecule has 0 saturated carbocycles. The molecule has 1 atom stereocenters. The second-order valence-corrected chi connectivity index (χ2v) is 10.0. The van der Waals surface area contributed by atoms with E-state index in [1.54, 1.807) is 18.1 Å². The highest BCUT2D eigenvalue weighted by Gasteiger charge is 2.30. The fourth-order valence-corrected chi connectivity index (χ4v) is 4.96. The molecule has 0 heterocycles. The van der Waals surface area contributed by atoms with Crippen molar-refractivity contribution >= 4 is 46.8 Å². The van der Waals surface area contributed by atoms with Gasteiger partial charge in [0, 0.05) is 25.3 Å². The van der Waals surface area contributed by atoms with Crippen molar-refractivity contribution in [2.24, 2.45) is 0 Å². The van der Waals surface area contributed by atoms with Crippen LogP contribution in [-0.4, -0.2) is 42.2 Å². The number of ether oxygens (including phenoxy) is 1. The molecule has 3 aromatic rings. The number of nitrogens with zero attached hydrogens (tertiary/aromatic N) is 1. The van der Waals surface area contributed by atoms with Gasteiger partial charge in [0.15, 0.2) is 0 Å². The van der Waals surface area contributed by atoms with Crippen LogP contribution in [0.1, 0.15) is 23.6 Å². The van der Waals surface area contributed by atoms with Crippen LogP contribution in [-0.2, 0) is 28.3 Å². The van der Waals surface area contributed by atoms with Gasteiger partial charge in [0.2, 0.25) is 11.8 Å². The molecule has 190 valence electrons. The van der Waals surface area contributed by atoms with Gasteiger partial charge in [0.05, 0.1) is 22.9 Å². The summed E-state index contributed by atoms with van der Waals surface area (Å²) in [6.45, 7) is 2.65. The molecular weight excluding hydrogens is 515 g/mol. The molecule has 3 aromatic carbocycles. The molecule has 0 spiro atoms. The number of thioether (sulfide) groups is 1. The van der Waals surface area contributed by atoms with Crippen LogP contribution in [0, 0.1) is 0 Å². The van der Waals surface area contributed by atoms with Crippen molar-refractivity contribution in [3.63, 3.8) is 0 Å². The Bertz CT molecular complexity index is 1160. The van der Waals surface area contributed by atoms with Gasteiger partial charge >= 0.3 is 0 Å². The number of methoxy groups -OCH3 is 1. The predicted octanol–water partition coefficient (Wildman–Crippen LogP) is 6.01. The monoisotopic (exact) mass is 544 g/mol. The predicted molar refractivity (Wildman–Crippen MR) is 149 cm³/mol. The first-order valence-corrected chi connectivity index (χ1v) is 13.6. The third-order valence-corrected chi connectivity index (χ3v) is 7.32. The first kappa shape index (κ1) is 27.9. The Morgan fingerprint density at radius 1 is 0.944 bits per heavy atom. The number of nitrogens with one attached hydrogen (secondary N) is 1. The summed E-state index contributed by atoms with van der Waals surface area (Å²) < 4.78 is 5.36. The van der Waals surface area contributed by atoms with Crippen molar-refractivity contribution in [3.8, 4) is 5.75 Å². The lowest BCUT2D eigenvalue weighted by atomic mass is 10.0. The molecule has 0 aliphatic heterocycles. The molecule has 0 fully saturated rings. The highest BCUT2D eigenvalue weighted by Crippen LogP contribution is 2.25. The average molecular weight is 546 g/mol. The SMILES string of the molecule is CCNC(=O)C(Cc1ccccc1)N(Cc1cccc(OC)c1)C(=O)CSCc1ccc(Cl)c(Cl)c1. The summed E-state index contributed by atoms with van der Waals surface area (Å²) in [5.74, 6) is 1.23. The van der Waals surface area contributed by atoms with Gasteiger partial charge in [-0.25, -0.2) is 0 Å². The number of hydrogen-bond acceptors (Lipinski definition) is 4. The standard InChI is InChI=1S/C28H30Cl2N2O3S/c1-3-31-28(34)26(16-20-8-5-4-6-9-20)32(17-21-10-7-11-23(14-21)35-2)27(33)19-36-18-22-12-13-24(29)25(30)15-22/h4-15,26H,3,16-19H2,1-2H3,(H,31,34). The minimum Gasteiger partial charge on any atom is -0.497 e. The van der Waals surface area contributed by atoms with Crippen molar-refractivity contribution in [2.45, 2.75) is 31.7 Å². The molecule has 5 nitrogen and oxygen atoms in total. The number of halogens is 2. The van der Waals surface area contributed by atoms with E-state index in [9.17, 15) is 9.59 Å². The van der Waals surface area contributed by atoms with Crippen molar-refractivity contribution in [1.29, 1.82) is 0 Å². The number of rotatable bonds is 12. The van der Waals surface area contributed by atoms with Crippen molar-refractivity contribution in [1.82, 2.24) is 10.2 Å². The van der Waals surface area contributed by atoms with Gasteiger partial charge in [-0.1, -0.05) is 71.7 Å². The van der Waals surface area contributed by atoms with Gasteiger partial charge in [-0.3, -0.25) is 9.59 Å². The van der Waals surface area contributed by atoms with Crippen molar-refractivity contribution in [3.05, 3.63) is 99.5 Å². The van der Waals surface area contributed by atoms with Crippen LogP contribution in [0.3, 0.4) is 0 Å². The van der Waals surface area contributed by atoms with Crippen LogP contribution in [0.4, 0.5) is 0 Å². The summed E-state index contributed by atoms with van der Waals surface area (Å²) in [4.78, 5) is 28.5. The van der Waals surface area contributed by atoms with E-state index in [-0.39, 0.29) is 24.1 Å². The zero-order valence-corrected chi connectivity index (χ0v) is 22.7. The topological polar surface area (TPSA) is 58.6 Å². The zero-order chi connectivity index (χ0) is 25.9. The Balaban J connectivity index is 1.84. The smallest absolute Gasteiger partial charge is 0.243 e. The molecule has 36 heavy (non-hydrogen) atoms. The minimum absolute atomic E-state index is 0.116. The lowest BCUT2D eigenvalue weighted by molar-refractivity contribution is -0.139. The molecule has 2 amide bonds. The summed E-state index contributed by atoms with van der Waals surface area (Å²) in [7, 11) is 1.61. The van der Waals surface area contributed by atoms with E-state index in [1.807, 2.05) is 73.7 Å². The van der Waals surface area contributed by atoms with Crippen LogP contribution >= 0.6 is 35.0 Å². The molecule has 3 rings (SSSR count). The molecule has 1 unspecified atom stereocenters. The van der Waals surface area contributed by atoms with Crippen LogP contribution in [0.2, 0.25) is 10.0 Å². The van der Waals surface area contributed by atoms with Crippen LogP contribution < -0.4 is 10.1 Å². The van der Waals surface area contributed by atoms with Gasteiger partial charge in [0.1, 0.15) is 11.8 Å². The highest BCUT2D eigenvalue weighted by molar-refractivity contribution is 7.99. The zero-order valence-electron chi connectivity index (χ0n) is 20.4. The Morgan fingerprint density at radius 2 is 1.69 bits per heavy atom. The first-order chi connectivity index (χ1) is 17.4. The maximum Gasteiger partial charge on any atom is 0.243 e. The number of carbonyl (C=O) groups excluding carboxylic acids is 2. The number of benzene rings is 3. The van der Waals surface area contributed by atoms with Crippen LogP contribution in [0.15, 0.2) is 72.8 Å². The van der Waals surface area contributed by atoms with Gasteiger partial charge < -0.3 is 15.0 Å². The van der Waals surface area contributed by atoms with Gasteiger partial charge in [-0.15, -0.1) is 11.8 Å². The second kappa shape index (κ2) is 14.2. The van der Waals surface area contributed by atoms with Gasteiger partial charge in [-0.2, -0.15) is 0 Å². The second-order valence-electron chi connectivity index (χ2n) is 8.21. The Morgan fingerprint density at radius 3 is 2.39 bits per heavy atom. The lowest BCUT2D eigenvalue weighted by Crippen LogP contribution is -2.51. The largest absolute Gasteiger partial charge is 0.497 e. The quantitative estimate of drug-likeness (QED) is 0.303. The van der Waals surface area contributed by atoms with Gasteiger partial charge in [-0.05, 0) is 47.9 Å². The van der Waals surface area contributed by atoms with Crippen molar-refractivity contribution in [2.75, 3.05) is 19.4 Å². The highest BCUT2D eigenvalue weighted by atomic mass is 35.5. The molecule has 0 bridgehead atoms. The van der Waals surface area contributed by atoms with E-state index >= 15 is 0 Å². The summed E-state index contributed by atoms with van der Waals surface area (Å²) in [6, 6.07) is 22.1. The van der Waals surface area contributed by atoms with E-state index < -0.39 is 6.04 Å². The normalized spacial score (nSPS) is 11.6. The van der Waals surface area contributed by atoms with E-state index in [2.05, 4.69) is 5.32 Å². The van der Waals surface area contributed by atoms with E-state index in [0.717, 1.165) is 16.7 Å². The number of amides is 2. The molecular formula is C28H30Cl2N2O3S. The Labute approximate surface area is 227 Å². The third kappa shape index (κ3) is 8.19. The van der Waals surface area contributed by atoms with E-state index in [1.165, 1.54) is 11.8 Å². The minimum atomic E-state index is -0.656. The maximum atomic E-state index is 13.6. The number of carbonyl (C=O) groups is 2. The molecule has 0 radical (unpaired) electrons. The fraction of sp³-hybridized carbons (Fsp3) is 0.286. The summed E-state index contributed by atoms with van der Waals surface area (Å²) in [6.07, 6.45) is 0.417. The Hall–Kier alpha value is -2.67. The molecule has 0 aromatic heterocycles. The summed E-state index contributed by atoms with van der Waals surface area (Å²) in [5.41, 5.74) is 2.85. The van der Waals surface area contributed by atoms with E-state index in [0.29, 0.717) is 34.5 Å². The van der Waals surface area contributed by atoms with E-state index in [4.69, 9.17) is 27.9 Å².